The first-order valence-corrected chi connectivity index (χ1v) is 6.00. The number of hydrogen-bond donors (Lipinski definition) is 1. The zero-order valence-corrected chi connectivity index (χ0v) is 10.2. The van der Waals surface area contributed by atoms with Gasteiger partial charge in [0.1, 0.15) is 5.65 Å². The molecule has 18 heavy (non-hydrogen) atoms. The Morgan fingerprint density at radius 3 is 2.89 bits per heavy atom. The van der Waals surface area contributed by atoms with Crippen molar-refractivity contribution >= 4 is 5.65 Å². The molecule has 0 aliphatic carbocycles. The monoisotopic (exact) mass is 241 g/mol. The van der Waals surface area contributed by atoms with Crippen LogP contribution in [0.4, 0.5) is 0 Å². The first-order valence-electron chi connectivity index (χ1n) is 6.00. The Bertz CT molecular complexity index is 633. The fourth-order valence-electron chi connectivity index (χ4n) is 2.19. The molecule has 0 aliphatic heterocycles. The molecular formula is C14H15N3O. The Balaban J connectivity index is 1.94. The Hall–Kier alpha value is -2.07. The molecule has 4 heteroatoms. The van der Waals surface area contributed by atoms with Gasteiger partial charge >= 0.3 is 0 Å². The van der Waals surface area contributed by atoms with Crippen molar-refractivity contribution in [3.63, 3.8) is 0 Å². The van der Waals surface area contributed by atoms with Gasteiger partial charge in [0.05, 0.1) is 18.3 Å². The molecule has 3 heterocycles. The minimum absolute atomic E-state index is 0.461. The van der Waals surface area contributed by atoms with Crippen molar-refractivity contribution in [2.24, 2.45) is 0 Å². The van der Waals surface area contributed by atoms with E-state index in [1.165, 1.54) is 0 Å². The van der Waals surface area contributed by atoms with Crippen molar-refractivity contribution < 1.29 is 5.11 Å². The number of hydrogen-bond acceptors (Lipinski definition) is 2. The highest BCUT2D eigenvalue weighted by atomic mass is 16.3. The topological polar surface area (TPSA) is 42.5 Å². The molecule has 1 atom stereocenters. The lowest BCUT2D eigenvalue weighted by molar-refractivity contribution is 0.189. The van der Waals surface area contributed by atoms with Crippen LogP contribution in [0.3, 0.4) is 0 Å². The predicted octanol–water partition coefficient (Wildman–Crippen LogP) is 2.24. The van der Waals surface area contributed by atoms with E-state index in [1.807, 2.05) is 57.9 Å². The highest BCUT2D eigenvalue weighted by molar-refractivity contribution is 5.39. The van der Waals surface area contributed by atoms with E-state index in [0.29, 0.717) is 6.54 Å². The molecule has 0 aromatic carbocycles. The van der Waals surface area contributed by atoms with Gasteiger partial charge in [0.2, 0.25) is 0 Å². The van der Waals surface area contributed by atoms with Crippen LogP contribution in [0, 0.1) is 0 Å². The zero-order valence-electron chi connectivity index (χ0n) is 10.2. The van der Waals surface area contributed by atoms with E-state index in [0.717, 1.165) is 17.0 Å². The Labute approximate surface area is 105 Å². The number of nitrogens with zero attached hydrogens (tertiary/aromatic N) is 3. The van der Waals surface area contributed by atoms with Gasteiger partial charge in [-0.1, -0.05) is 6.07 Å². The molecule has 0 amide bonds. The van der Waals surface area contributed by atoms with Crippen LogP contribution in [-0.4, -0.2) is 19.1 Å². The summed E-state index contributed by atoms with van der Waals surface area (Å²) in [5.74, 6) is 0. The number of imidazole rings is 1. The number of pyridine rings is 1. The molecule has 4 nitrogen and oxygen atoms in total. The highest BCUT2D eigenvalue weighted by Gasteiger charge is 2.08. The highest BCUT2D eigenvalue weighted by Crippen LogP contribution is 2.15. The van der Waals surface area contributed by atoms with Gasteiger partial charge in [0.25, 0.3) is 0 Å². The second-order valence-electron chi connectivity index (χ2n) is 4.44. The average molecular weight is 241 g/mol. The quantitative estimate of drug-likeness (QED) is 0.764. The summed E-state index contributed by atoms with van der Waals surface area (Å²) in [6.07, 6.45) is 5.50. The largest absolute Gasteiger partial charge is 0.387 e. The van der Waals surface area contributed by atoms with Crippen molar-refractivity contribution in [3.8, 4) is 0 Å². The molecule has 3 rings (SSSR count). The van der Waals surface area contributed by atoms with Crippen LogP contribution in [0.25, 0.3) is 5.65 Å². The molecule has 3 aromatic rings. The third-order valence-corrected chi connectivity index (χ3v) is 3.04. The third-order valence-electron chi connectivity index (χ3n) is 3.04. The fourth-order valence-corrected chi connectivity index (χ4v) is 2.19. The number of aliphatic hydroxyl groups excluding tert-OH is 1. The standard InChI is InChI=1S/C14H15N3O/c1-11(18)13-5-4-8-16(13)9-12-10-17-7-3-2-6-14(17)15-12/h2-8,10-11,18H,9H2,1H3. The van der Waals surface area contributed by atoms with Gasteiger partial charge in [0.15, 0.2) is 0 Å². The Morgan fingerprint density at radius 1 is 1.22 bits per heavy atom. The van der Waals surface area contributed by atoms with Crippen molar-refractivity contribution in [3.05, 3.63) is 60.3 Å². The normalized spacial score (nSPS) is 13.0. The zero-order chi connectivity index (χ0) is 12.5. The summed E-state index contributed by atoms with van der Waals surface area (Å²) in [6, 6.07) is 9.81. The molecule has 0 spiro atoms. The lowest BCUT2D eigenvalue weighted by Crippen LogP contribution is -2.05. The predicted molar refractivity (Wildman–Crippen MR) is 69.4 cm³/mol. The summed E-state index contributed by atoms with van der Waals surface area (Å²) in [7, 11) is 0. The van der Waals surface area contributed by atoms with Gasteiger partial charge in [-0.25, -0.2) is 4.98 Å². The van der Waals surface area contributed by atoms with Gasteiger partial charge in [-0.15, -0.1) is 0 Å². The van der Waals surface area contributed by atoms with Gasteiger partial charge in [-0.3, -0.25) is 0 Å². The van der Waals surface area contributed by atoms with E-state index in [-0.39, 0.29) is 0 Å². The van der Waals surface area contributed by atoms with Gasteiger partial charge < -0.3 is 14.1 Å². The van der Waals surface area contributed by atoms with Crippen molar-refractivity contribution in [1.82, 2.24) is 14.0 Å². The number of aliphatic hydroxyl groups is 1. The summed E-state index contributed by atoms with van der Waals surface area (Å²) in [6.45, 7) is 2.45. The number of aromatic nitrogens is 3. The minimum Gasteiger partial charge on any atom is -0.387 e. The summed E-state index contributed by atoms with van der Waals surface area (Å²) in [5.41, 5.74) is 2.84. The van der Waals surface area contributed by atoms with E-state index < -0.39 is 6.10 Å². The maximum absolute atomic E-state index is 9.66. The summed E-state index contributed by atoms with van der Waals surface area (Å²) < 4.78 is 4.02. The van der Waals surface area contributed by atoms with E-state index in [9.17, 15) is 5.11 Å². The summed E-state index contributed by atoms with van der Waals surface area (Å²) in [4.78, 5) is 4.55. The molecular weight excluding hydrogens is 226 g/mol. The molecule has 0 fully saturated rings. The first-order chi connectivity index (χ1) is 8.74. The van der Waals surface area contributed by atoms with Gasteiger partial charge in [-0.2, -0.15) is 0 Å². The smallest absolute Gasteiger partial charge is 0.137 e. The van der Waals surface area contributed by atoms with E-state index >= 15 is 0 Å². The van der Waals surface area contributed by atoms with Crippen LogP contribution in [-0.2, 0) is 6.54 Å². The van der Waals surface area contributed by atoms with Crippen LogP contribution in [0.15, 0.2) is 48.9 Å². The minimum atomic E-state index is -0.461. The lowest BCUT2D eigenvalue weighted by Gasteiger charge is -2.09. The fraction of sp³-hybridized carbons (Fsp3) is 0.214. The number of fused-ring (bicyclic) bond motifs is 1. The maximum atomic E-state index is 9.66. The molecule has 1 unspecified atom stereocenters. The van der Waals surface area contributed by atoms with Crippen molar-refractivity contribution in [2.75, 3.05) is 0 Å². The third kappa shape index (κ3) is 1.91. The van der Waals surface area contributed by atoms with Crippen LogP contribution in [0.5, 0.6) is 0 Å². The lowest BCUT2D eigenvalue weighted by atomic mass is 10.3. The molecule has 3 aromatic heterocycles. The molecule has 92 valence electrons. The molecule has 0 radical (unpaired) electrons. The molecule has 1 N–H and O–H groups in total. The Kier molecular flexibility index (Phi) is 2.64. The first kappa shape index (κ1) is 11.0. The second-order valence-corrected chi connectivity index (χ2v) is 4.44. The number of rotatable bonds is 3. The van der Waals surface area contributed by atoms with Crippen molar-refractivity contribution in [1.29, 1.82) is 0 Å². The Morgan fingerprint density at radius 2 is 2.11 bits per heavy atom. The van der Waals surface area contributed by atoms with Gasteiger partial charge in [0, 0.05) is 24.3 Å². The SMILES string of the molecule is CC(O)c1cccn1Cc1cn2ccccc2n1. The summed E-state index contributed by atoms with van der Waals surface area (Å²) in [5, 5.41) is 9.66. The van der Waals surface area contributed by atoms with E-state index in [1.54, 1.807) is 6.92 Å². The van der Waals surface area contributed by atoms with E-state index in [4.69, 9.17) is 0 Å². The molecule has 0 bridgehead atoms. The maximum Gasteiger partial charge on any atom is 0.137 e. The summed E-state index contributed by atoms with van der Waals surface area (Å²) >= 11 is 0. The van der Waals surface area contributed by atoms with E-state index in [2.05, 4.69) is 4.98 Å². The average Bonchev–Trinajstić information content (AvgIpc) is 2.94. The second kappa shape index (κ2) is 4.31. The van der Waals surface area contributed by atoms with Crippen LogP contribution in [0.2, 0.25) is 0 Å². The van der Waals surface area contributed by atoms with Crippen molar-refractivity contribution in [2.45, 2.75) is 19.6 Å². The molecule has 0 saturated carbocycles. The van der Waals surface area contributed by atoms with Crippen LogP contribution in [0.1, 0.15) is 24.4 Å². The van der Waals surface area contributed by atoms with Crippen LogP contribution >= 0.6 is 0 Å². The van der Waals surface area contributed by atoms with Gasteiger partial charge in [-0.05, 0) is 31.2 Å². The molecule has 0 aliphatic rings. The molecule has 0 saturated heterocycles. The van der Waals surface area contributed by atoms with Crippen LogP contribution < -0.4 is 0 Å².